The van der Waals surface area contributed by atoms with E-state index in [4.69, 9.17) is 5.26 Å². The standard InChI is InChI=1S/C18H19N3O2/c1-2-17(11-14-6-4-3-5-7-14)20-13-16-10-15(12-19)8-9-18(16)21(22)23/h3-10,17,20H,2,11,13H2,1H3/t17-/m0/s1. The molecule has 0 amide bonds. The van der Waals surface area contributed by atoms with Gasteiger partial charge in [0.1, 0.15) is 0 Å². The predicted octanol–water partition coefficient (Wildman–Crippen LogP) is 3.58. The molecular weight excluding hydrogens is 290 g/mol. The zero-order valence-electron chi connectivity index (χ0n) is 13.0. The molecule has 0 radical (unpaired) electrons. The quantitative estimate of drug-likeness (QED) is 0.626. The van der Waals surface area contributed by atoms with E-state index >= 15 is 0 Å². The molecule has 23 heavy (non-hydrogen) atoms. The minimum absolute atomic E-state index is 0.0473. The fourth-order valence-corrected chi connectivity index (χ4v) is 2.49. The molecule has 0 saturated heterocycles. The average Bonchev–Trinajstić information content (AvgIpc) is 2.59. The lowest BCUT2D eigenvalue weighted by molar-refractivity contribution is -0.385. The van der Waals surface area contributed by atoms with Crippen molar-refractivity contribution in [1.29, 1.82) is 5.26 Å². The number of nitro groups is 1. The highest BCUT2D eigenvalue weighted by Crippen LogP contribution is 2.20. The average molecular weight is 309 g/mol. The Morgan fingerprint density at radius 3 is 2.61 bits per heavy atom. The summed E-state index contributed by atoms with van der Waals surface area (Å²) in [5.74, 6) is 0. The van der Waals surface area contributed by atoms with Crippen LogP contribution in [0.2, 0.25) is 0 Å². The summed E-state index contributed by atoms with van der Waals surface area (Å²) in [6.45, 7) is 2.46. The van der Waals surface area contributed by atoms with Gasteiger partial charge in [0.2, 0.25) is 0 Å². The van der Waals surface area contributed by atoms with Crippen molar-refractivity contribution in [2.24, 2.45) is 0 Å². The third kappa shape index (κ3) is 4.63. The van der Waals surface area contributed by atoms with E-state index in [1.54, 1.807) is 6.07 Å². The summed E-state index contributed by atoms with van der Waals surface area (Å²) in [5.41, 5.74) is 2.25. The SMILES string of the molecule is CC[C@@H](Cc1ccccc1)NCc1cc(C#N)ccc1[N+](=O)[O-]. The van der Waals surface area contributed by atoms with Gasteiger partial charge in [0.05, 0.1) is 16.6 Å². The monoisotopic (exact) mass is 309 g/mol. The van der Waals surface area contributed by atoms with Crippen molar-refractivity contribution >= 4 is 5.69 Å². The zero-order chi connectivity index (χ0) is 16.7. The molecule has 0 heterocycles. The van der Waals surface area contributed by atoms with Crippen LogP contribution in [-0.2, 0) is 13.0 Å². The van der Waals surface area contributed by atoms with Crippen molar-refractivity contribution in [2.45, 2.75) is 32.4 Å². The number of hydrogen-bond donors (Lipinski definition) is 1. The third-order valence-corrected chi connectivity index (χ3v) is 3.80. The molecule has 2 rings (SSSR count). The maximum atomic E-state index is 11.1. The molecule has 1 atom stereocenters. The molecule has 0 saturated carbocycles. The van der Waals surface area contributed by atoms with E-state index in [9.17, 15) is 10.1 Å². The van der Waals surface area contributed by atoms with E-state index in [-0.39, 0.29) is 11.7 Å². The molecule has 5 nitrogen and oxygen atoms in total. The Bertz CT molecular complexity index is 708. The molecule has 0 unspecified atom stereocenters. The largest absolute Gasteiger partial charge is 0.309 e. The van der Waals surface area contributed by atoms with E-state index < -0.39 is 4.92 Å². The van der Waals surface area contributed by atoms with Crippen LogP contribution in [0.15, 0.2) is 48.5 Å². The highest BCUT2D eigenvalue weighted by molar-refractivity contribution is 5.46. The lowest BCUT2D eigenvalue weighted by Gasteiger charge is -2.17. The summed E-state index contributed by atoms with van der Waals surface area (Å²) in [5, 5.41) is 23.5. The van der Waals surface area contributed by atoms with Crippen molar-refractivity contribution in [1.82, 2.24) is 5.32 Å². The summed E-state index contributed by atoms with van der Waals surface area (Å²) < 4.78 is 0. The zero-order valence-corrected chi connectivity index (χ0v) is 13.0. The topological polar surface area (TPSA) is 79.0 Å². The molecule has 5 heteroatoms. The molecule has 0 aliphatic rings. The number of nitro benzene ring substituents is 1. The summed E-state index contributed by atoms with van der Waals surface area (Å²) in [4.78, 5) is 10.7. The number of rotatable bonds is 7. The van der Waals surface area contributed by atoms with Gasteiger partial charge in [0.15, 0.2) is 0 Å². The Balaban J connectivity index is 2.09. The van der Waals surface area contributed by atoms with Gasteiger partial charge < -0.3 is 5.32 Å². The first-order valence-corrected chi connectivity index (χ1v) is 7.58. The van der Waals surface area contributed by atoms with Crippen LogP contribution in [0.25, 0.3) is 0 Å². The Hall–Kier alpha value is -2.71. The Labute approximate surface area is 135 Å². The molecule has 2 aromatic rings. The Morgan fingerprint density at radius 1 is 1.26 bits per heavy atom. The maximum absolute atomic E-state index is 11.1. The summed E-state index contributed by atoms with van der Waals surface area (Å²) in [6, 6.07) is 16.8. The molecule has 1 N–H and O–H groups in total. The number of benzene rings is 2. The number of nitrogens with one attached hydrogen (secondary N) is 1. The smallest absolute Gasteiger partial charge is 0.273 e. The normalized spacial score (nSPS) is 11.7. The lowest BCUT2D eigenvalue weighted by Crippen LogP contribution is -2.30. The van der Waals surface area contributed by atoms with Crippen molar-refractivity contribution in [2.75, 3.05) is 0 Å². The van der Waals surface area contributed by atoms with Gasteiger partial charge in [-0.2, -0.15) is 5.26 Å². The first-order valence-electron chi connectivity index (χ1n) is 7.58. The van der Waals surface area contributed by atoms with Gasteiger partial charge >= 0.3 is 0 Å². The number of hydrogen-bond acceptors (Lipinski definition) is 4. The minimum atomic E-state index is -0.406. The fourth-order valence-electron chi connectivity index (χ4n) is 2.49. The lowest BCUT2D eigenvalue weighted by atomic mass is 10.0. The van der Waals surface area contributed by atoms with Crippen molar-refractivity contribution in [3.05, 3.63) is 75.3 Å². The van der Waals surface area contributed by atoms with E-state index in [0.29, 0.717) is 17.7 Å². The number of nitrogens with zero attached hydrogens (tertiary/aromatic N) is 2. The predicted molar refractivity (Wildman–Crippen MR) is 88.9 cm³/mol. The summed E-state index contributed by atoms with van der Waals surface area (Å²) in [6.07, 6.45) is 1.78. The van der Waals surface area contributed by atoms with Crippen LogP contribution in [-0.4, -0.2) is 11.0 Å². The maximum Gasteiger partial charge on any atom is 0.273 e. The second-order valence-corrected chi connectivity index (χ2v) is 5.39. The van der Waals surface area contributed by atoms with E-state index in [1.165, 1.54) is 17.7 Å². The fraction of sp³-hybridized carbons (Fsp3) is 0.278. The van der Waals surface area contributed by atoms with E-state index in [1.807, 2.05) is 24.3 Å². The molecular formula is C18H19N3O2. The van der Waals surface area contributed by atoms with Crippen LogP contribution in [0.1, 0.15) is 30.0 Å². The van der Waals surface area contributed by atoms with Crippen molar-refractivity contribution < 1.29 is 4.92 Å². The summed E-state index contributed by atoms with van der Waals surface area (Å²) >= 11 is 0. The molecule has 0 aliphatic heterocycles. The molecule has 0 fully saturated rings. The molecule has 0 bridgehead atoms. The van der Waals surface area contributed by atoms with Gasteiger partial charge in [0, 0.05) is 24.2 Å². The van der Waals surface area contributed by atoms with Gasteiger partial charge in [-0.25, -0.2) is 0 Å². The number of nitriles is 1. The highest BCUT2D eigenvalue weighted by atomic mass is 16.6. The molecule has 0 aromatic heterocycles. The summed E-state index contributed by atoms with van der Waals surface area (Å²) in [7, 11) is 0. The molecule has 0 spiro atoms. The Kier molecular flexibility index (Phi) is 5.84. The van der Waals surface area contributed by atoms with Gasteiger partial charge in [-0.15, -0.1) is 0 Å². The second kappa shape index (κ2) is 8.06. The minimum Gasteiger partial charge on any atom is -0.309 e. The van der Waals surface area contributed by atoms with Crippen LogP contribution in [0.4, 0.5) is 5.69 Å². The van der Waals surface area contributed by atoms with Crippen LogP contribution < -0.4 is 5.32 Å². The third-order valence-electron chi connectivity index (χ3n) is 3.80. The van der Waals surface area contributed by atoms with Crippen molar-refractivity contribution in [3.8, 4) is 6.07 Å². The molecule has 2 aromatic carbocycles. The first kappa shape index (κ1) is 16.7. The van der Waals surface area contributed by atoms with Gasteiger partial charge in [-0.3, -0.25) is 10.1 Å². The van der Waals surface area contributed by atoms with Gasteiger partial charge in [-0.1, -0.05) is 37.3 Å². The van der Waals surface area contributed by atoms with Crippen LogP contribution in [0.5, 0.6) is 0 Å². The van der Waals surface area contributed by atoms with Crippen molar-refractivity contribution in [3.63, 3.8) is 0 Å². The first-order chi connectivity index (χ1) is 11.1. The highest BCUT2D eigenvalue weighted by Gasteiger charge is 2.15. The second-order valence-electron chi connectivity index (χ2n) is 5.39. The van der Waals surface area contributed by atoms with Gasteiger partial charge in [-0.05, 0) is 30.5 Å². The molecule has 0 aliphatic carbocycles. The Morgan fingerprint density at radius 2 is 2.00 bits per heavy atom. The van der Waals surface area contributed by atoms with E-state index in [0.717, 1.165) is 12.8 Å². The van der Waals surface area contributed by atoms with Gasteiger partial charge in [0.25, 0.3) is 5.69 Å². The van der Waals surface area contributed by atoms with Crippen LogP contribution in [0.3, 0.4) is 0 Å². The van der Waals surface area contributed by atoms with E-state index in [2.05, 4.69) is 24.4 Å². The molecule has 118 valence electrons. The van der Waals surface area contributed by atoms with Crippen LogP contribution >= 0.6 is 0 Å². The van der Waals surface area contributed by atoms with Crippen LogP contribution in [0, 0.1) is 21.4 Å².